The number of fused-ring (bicyclic) bond motifs is 1. The van der Waals surface area contributed by atoms with Gasteiger partial charge in [0.1, 0.15) is 13.2 Å². The number of rotatable bonds is 5. The lowest BCUT2D eigenvalue weighted by Crippen LogP contribution is -2.25. The quantitative estimate of drug-likeness (QED) is 0.853. The van der Waals surface area contributed by atoms with E-state index in [1.54, 1.807) is 30.7 Å². The molecule has 7 heteroatoms. The van der Waals surface area contributed by atoms with Crippen LogP contribution in [0, 0.1) is 0 Å². The molecule has 118 valence electrons. The van der Waals surface area contributed by atoms with Crippen LogP contribution in [0.15, 0.2) is 36.9 Å². The van der Waals surface area contributed by atoms with Gasteiger partial charge in [-0.15, -0.1) is 12.4 Å². The van der Waals surface area contributed by atoms with Gasteiger partial charge in [0.2, 0.25) is 0 Å². The van der Waals surface area contributed by atoms with Crippen LogP contribution in [0.5, 0.6) is 11.5 Å². The number of nitrogens with zero attached hydrogens (tertiary/aromatic N) is 2. The van der Waals surface area contributed by atoms with E-state index in [9.17, 15) is 4.79 Å². The minimum Gasteiger partial charge on any atom is -0.486 e. The molecular formula is C15H18ClN3O3. The number of aryl methyl sites for hydroxylation is 1. The van der Waals surface area contributed by atoms with Crippen molar-refractivity contribution in [2.75, 3.05) is 19.8 Å². The fourth-order valence-corrected chi connectivity index (χ4v) is 2.17. The number of carbonyl (C=O) groups excluding carboxylic acids is 1. The van der Waals surface area contributed by atoms with E-state index in [1.807, 2.05) is 10.8 Å². The van der Waals surface area contributed by atoms with Crippen molar-refractivity contribution >= 4 is 18.3 Å². The van der Waals surface area contributed by atoms with Crippen LogP contribution in [0.2, 0.25) is 0 Å². The second-order valence-corrected chi connectivity index (χ2v) is 4.77. The van der Waals surface area contributed by atoms with E-state index in [0.29, 0.717) is 36.8 Å². The molecule has 0 radical (unpaired) electrons. The van der Waals surface area contributed by atoms with Gasteiger partial charge in [-0.3, -0.25) is 4.79 Å². The molecule has 0 fully saturated rings. The van der Waals surface area contributed by atoms with Gasteiger partial charge in [-0.25, -0.2) is 4.98 Å². The normalized spacial score (nSPS) is 12.4. The molecule has 6 nitrogen and oxygen atoms in total. The molecule has 0 aliphatic carbocycles. The molecular weight excluding hydrogens is 306 g/mol. The summed E-state index contributed by atoms with van der Waals surface area (Å²) in [6.07, 6.45) is 6.27. The Morgan fingerprint density at radius 3 is 2.86 bits per heavy atom. The third-order valence-corrected chi connectivity index (χ3v) is 3.24. The van der Waals surface area contributed by atoms with Crippen LogP contribution in [0.4, 0.5) is 0 Å². The summed E-state index contributed by atoms with van der Waals surface area (Å²) in [5.74, 6) is 1.22. The SMILES string of the molecule is Cl.O=C(NCCCn1ccnc1)c1ccc2c(c1)OCCO2. The molecule has 0 unspecified atom stereocenters. The second kappa shape index (κ2) is 7.70. The number of amides is 1. The number of nitrogens with one attached hydrogen (secondary N) is 1. The van der Waals surface area contributed by atoms with E-state index in [-0.39, 0.29) is 18.3 Å². The van der Waals surface area contributed by atoms with Gasteiger partial charge in [-0.2, -0.15) is 0 Å². The zero-order chi connectivity index (χ0) is 14.5. The van der Waals surface area contributed by atoms with E-state index in [4.69, 9.17) is 9.47 Å². The lowest BCUT2D eigenvalue weighted by atomic mass is 10.2. The van der Waals surface area contributed by atoms with Crippen molar-refractivity contribution in [1.29, 1.82) is 0 Å². The largest absolute Gasteiger partial charge is 0.486 e. The number of ether oxygens (including phenoxy) is 2. The lowest BCUT2D eigenvalue weighted by Gasteiger charge is -2.18. The van der Waals surface area contributed by atoms with Crippen molar-refractivity contribution in [2.45, 2.75) is 13.0 Å². The molecule has 0 atom stereocenters. The van der Waals surface area contributed by atoms with Gasteiger partial charge in [-0.1, -0.05) is 0 Å². The van der Waals surface area contributed by atoms with E-state index >= 15 is 0 Å². The maximum atomic E-state index is 12.1. The Balaban J connectivity index is 0.00000176. The summed E-state index contributed by atoms with van der Waals surface area (Å²) in [6, 6.07) is 5.24. The average Bonchev–Trinajstić information content (AvgIpc) is 3.04. The topological polar surface area (TPSA) is 65.4 Å². The predicted molar refractivity (Wildman–Crippen MR) is 83.9 cm³/mol. The first-order valence-electron chi connectivity index (χ1n) is 6.96. The molecule has 0 saturated carbocycles. The Morgan fingerprint density at radius 2 is 2.09 bits per heavy atom. The Bertz CT molecular complexity index is 617. The van der Waals surface area contributed by atoms with Crippen LogP contribution in [0.1, 0.15) is 16.8 Å². The zero-order valence-electron chi connectivity index (χ0n) is 12.0. The second-order valence-electron chi connectivity index (χ2n) is 4.77. The van der Waals surface area contributed by atoms with Gasteiger partial charge >= 0.3 is 0 Å². The summed E-state index contributed by atoms with van der Waals surface area (Å²) in [5, 5.41) is 2.90. The molecule has 1 aliphatic heterocycles. The molecule has 3 rings (SSSR count). The van der Waals surface area contributed by atoms with E-state index in [1.165, 1.54) is 0 Å². The van der Waals surface area contributed by atoms with Gasteiger partial charge in [-0.05, 0) is 24.6 Å². The summed E-state index contributed by atoms with van der Waals surface area (Å²) >= 11 is 0. The number of imidazole rings is 1. The number of halogens is 1. The number of benzene rings is 1. The van der Waals surface area contributed by atoms with Gasteiger partial charge in [0.15, 0.2) is 11.5 Å². The highest BCUT2D eigenvalue weighted by atomic mass is 35.5. The summed E-state index contributed by atoms with van der Waals surface area (Å²) in [5.41, 5.74) is 0.585. The van der Waals surface area contributed by atoms with Gasteiger partial charge < -0.3 is 19.4 Å². The first kappa shape index (κ1) is 16.2. The van der Waals surface area contributed by atoms with Crippen molar-refractivity contribution in [3.63, 3.8) is 0 Å². The zero-order valence-corrected chi connectivity index (χ0v) is 12.8. The summed E-state index contributed by atoms with van der Waals surface area (Å²) in [7, 11) is 0. The Kier molecular flexibility index (Phi) is 5.66. The summed E-state index contributed by atoms with van der Waals surface area (Å²) in [6.45, 7) is 2.52. The Labute approximate surface area is 134 Å². The van der Waals surface area contributed by atoms with E-state index in [0.717, 1.165) is 13.0 Å². The third-order valence-electron chi connectivity index (χ3n) is 3.24. The van der Waals surface area contributed by atoms with E-state index < -0.39 is 0 Å². The van der Waals surface area contributed by atoms with Crippen molar-refractivity contribution in [2.24, 2.45) is 0 Å². The van der Waals surface area contributed by atoms with Crippen LogP contribution < -0.4 is 14.8 Å². The minimum atomic E-state index is -0.0994. The minimum absolute atomic E-state index is 0. The fraction of sp³-hybridized carbons (Fsp3) is 0.333. The van der Waals surface area contributed by atoms with Crippen LogP contribution in [0.25, 0.3) is 0 Å². The highest BCUT2D eigenvalue weighted by molar-refractivity contribution is 5.94. The maximum Gasteiger partial charge on any atom is 0.251 e. The number of hydrogen-bond donors (Lipinski definition) is 1. The van der Waals surface area contributed by atoms with Gasteiger partial charge in [0.05, 0.1) is 6.33 Å². The molecule has 0 bridgehead atoms. The molecule has 1 N–H and O–H groups in total. The van der Waals surface area contributed by atoms with Crippen LogP contribution in [-0.2, 0) is 6.54 Å². The molecule has 1 aromatic carbocycles. The van der Waals surface area contributed by atoms with Crippen molar-refractivity contribution in [1.82, 2.24) is 14.9 Å². The van der Waals surface area contributed by atoms with E-state index in [2.05, 4.69) is 10.3 Å². The molecule has 22 heavy (non-hydrogen) atoms. The number of carbonyl (C=O) groups is 1. The highest BCUT2D eigenvalue weighted by Gasteiger charge is 2.14. The third kappa shape index (κ3) is 3.92. The molecule has 0 spiro atoms. The number of hydrogen-bond acceptors (Lipinski definition) is 4. The maximum absolute atomic E-state index is 12.1. The van der Waals surface area contributed by atoms with Gasteiger partial charge in [0.25, 0.3) is 5.91 Å². The smallest absolute Gasteiger partial charge is 0.251 e. The van der Waals surface area contributed by atoms with Crippen molar-refractivity contribution < 1.29 is 14.3 Å². The predicted octanol–water partition coefficient (Wildman–Crippen LogP) is 1.90. The van der Waals surface area contributed by atoms with Crippen molar-refractivity contribution in [3.8, 4) is 11.5 Å². The molecule has 0 saturated heterocycles. The first-order valence-corrected chi connectivity index (χ1v) is 6.96. The highest BCUT2D eigenvalue weighted by Crippen LogP contribution is 2.30. The summed E-state index contributed by atoms with van der Waals surface area (Å²) < 4.78 is 12.9. The van der Waals surface area contributed by atoms with Crippen LogP contribution in [-0.4, -0.2) is 35.2 Å². The van der Waals surface area contributed by atoms with Crippen molar-refractivity contribution in [3.05, 3.63) is 42.5 Å². The van der Waals surface area contributed by atoms with Gasteiger partial charge in [0, 0.05) is 31.0 Å². The first-order chi connectivity index (χ1) is 10.3. The molecule has 1 aromatic heterocycles. The van der Waals surface area contributed by atoms with Crippen LogP contribution in [0.3, 0.4) is 0 Å². The molecule has 2 aromatic rings. The standard InChI is InChI=1S/C15H17N3O3.ClH/c19-15(17-4-1-6-18-7-5-16-11-18)12-2-3-13-14(10-12)21-9-8-20-13;/h2-3,5,7,10-11H,1,4,6,8-9H2,(H,17,19);1H. The Morgan fingerprint density at radius 1 is 1.27 bits per heavy atom. The lowest BCUT2D eigenvalue weighted by molar-refractivity contribution is 0.0951. The Hall–Kier alpha value is -2.21. The monoisotopic (exact) mass is 323 g/mol. The average molecular weight is 324 g/mol. The molecule has 1 aliphatic rings. The molecule has 1 amide bonds. The fourth-order valence-electron chi connectivity index (χ4n) is 2.17. The van der Waals surface area contributed by atoms with Crippen LogP contribution >= 0.6 is 12.4 Å². The summed E-state index contributed by atoms with van der Waals surface area (Å²) in [4.78, 5) is 16.0. The number of aromatic nitrogens is 2. The molecule has 2 heterocycles.